The third-order valence-electron chi connectivity index (χ3n) is 1.45. The van der Waals surface area contributed by atoms with Crippen LogP contribution in [0.2, 0.25) is 0 Å². The van der Waals surface area contributed by atoms with Crippen LogP contribution in [-0.4, -0.2) is 0 Å². The average molecular weight is 158 g/mol. The van der Waals surface area contributed by atoms with E-state index in [-0.39, 0.29) is 2.85 Å². The summed E-state index contributed by atoms with van der Waals surface area (Å²) in [5.74, 6) is 11.1. The molecule has 1 rings (SSSR count). The van der Waals surface area contributed by atoms with Gasteiger partial charge in [0.2, 0.25) is 0 Å². The zero-order valence-electron chi connectivity index (χ0n) is 7.31. The molecule has 0 aliphatic carbocycles. The summed E-state index contributed by atoms with van der Waals surface area (Å²) < 4.78 is 0. The maximum Gasteiger partial charge on any atom is 0.0255 e. The molecular formula is C12H14. The highest BCUT2D eigenvalue weighted by molar-refractivity contribution is 5.40. The molecule has 1 aromatic carbocycles. The molecule has 0 saturated carbocycles. The van der Waals surface area contributed by atoms with Crippen LogP contribution in [-0.2, 0) is 0 Å². The first-order valence-corrected chi connectivity index (χ1v) is 3.82. The van der Waals surface area contributed by atoms with Gasteiger partial charge in [0.05, 0.1) is 0 Å². The van der Waals surface area contributed by atoms with Crippen LogP contribution in [0.1, 0.15) is 20.9 Å². The lowest BCUT2D eigenvalue weighted by atomic mass is 10.2. The van der Waals surface area contributed by atoms with Gasteiger partial charge in [0.15, 0.2) is 0 Å². The molecule has 0 amide bonds. The van der Waals surface area contributed by atoms with Crippen LogP contribution < -0.4 is 0 Å². The highest BCUT2D eigenvalue weighted by Crippen LogP contribution is 2.00. The maximum absolute atomic E-state index is 2.95. The summed E-state index contributed by atoms with van der Waals surface area (Å²) in [6.07, 6.45) is 0. The highest BCUT2D eigenvalue weighted by atomic mass is 13.9. The fraction of sp³-hybridized carbons (Fsp3) is 0.167. The van der Waals surface area contributed by atoms with Crippen molar-refractivity contribution in [3.63, 3.8) is 0 Å². The van der Waals surface area contributed by atoms with Gasteiger partial charge in [-0.3, -0.25) is 0 Å². The van der Waals surface area contributed by atoms with Crippen molar-refractivity contribution in [1.82, 2.24) is 0 Å². The smallest absolute Gasteiger partial charge is 0.0255 e. The van der Waals surface area contributed by atoms with Gasteiger partial charge in [0.25, 0.3) is 0 Å². The lowest BCUT2D eigenvalue weighted by molar-refractivity contribution is 1.46. The molecule has 0 aliphatic heterocycles. The standard InChI is InChI=1S/C12H10.2H2/c1-3-4-5-6-12-9-7-11(2)8-10-12;;/h7-10H,1-2H3;2*1H. The molecule has 0 heteroatoms. The van der Waals surface area contributed by atoms with Gasteiger partial charge < -0.3 is 0 Å². The summed E-state index contributed by atoms with van der Waals surface area (Å²) in [5.41, 5.74) is 2.27. The average Bonchev–Trinajstić information content (AvgIpc) is 2.09. The van der Waals surface area contributed by atoms with Gasteiger partial charge >= 0.3 is 0 Å². The fourth-order valence-electron chi connectivity index (χ4n) is 0.803. The summed E-state index contributed by atoms with van der Waals surface area (Å²) in [4.78, 5) is 0. The zero-order chi connectivity index (χ0) is 8.81. The molecule has 0 aliphatic rings. The summed E-state index contributed by atoms with van der Waals surface area (Å²) in [5, 5.41) is 0. The Balaban J connectivity index is 0. The first-order valence-electron chi connectivity index (χ1n) is 3.82. The molecule has 0 spiro atoms. The molecule has 0 unspecified atom stereocenters. The Morgan fingerprint density at radius 3 is 2.33 bits per heavy atom. The predicted molar refractivity (Wildman–Crippen MR) is 55.7 cm³/mol. The van der Waals surface area contributed by atoms with E-state index in [9.17, 15) is 0 Å². The first kappa shape index (κ1) is 8.44. The second-order valence-corrected chi connectivity index (χ2v) is 2.49. The normalized spacial score (nSPS) is 7.50. The summed E-state index contributed by atoms with van der Waals surface area (Å²) >= 11 is 0. The van der Waals surface area contributed by atoms with E-state index in [4.69, 9.17) is 0 Å². The molecule has 0 N–H and O–H groups in total. The van der Waals surface area contributed by atoms with Gasteiger partial charge in [-0.1, -0.05) is 29.5 Å². The topological polar surface area (TPSA) is 0 Å². The lowest BCUT2D eigenvalue weighted by Gasteiger charge is -1.89. The van der Waals surface area contributed by atoms with E-state index in [0.29, 0.717) is 0 Å². The highest BCUT2D eigenvalue weighted by Gasteiger charge is 1.83. The van der Waals surface area contributed by atoms with Gasteiger partial charge in [-0.05, 0) is 37.8 Å². The number of benzene rings is 1. The Morgan fingerprint density at radius 2 is 1.75 bits per heavy atom. The van der Waals surface area contributed by atoms with Crippen molar-refractivity contribution < 1.29 is 2.85 Å². The van der Waals surface area contributed by atoms with Crippen LogP contribution in [0, 0.1) is 30.6 Å². The fourth-order valence-corrected chi connectivity index (χ4v) is 0.803. The van der Waals surface area contributed by atoms with Gasteiger partial charge in [0.1, 0.15) is 0 Å². The Labute approximate surface area is 76.6 Å². The van der Waals surface area contributed by atoms with E-state index in [0.717, 1.165) is 5.56 Å². The number of hydrogen-bond acceptors (Lipinski definition) is 0. The molecular weight excluding hydrogens is 144 g/mol. The second-order valence-electron chi connectivity index (χ2n) is 2.49. The molecule has 0 fully saturated rings. The molecule has 0 aromatic heterocycles. The molecule has 0 nitrogen and oxygen atoms in total. The Morgan fingerprint density at radius 1 is 1.08 bits per heavy atom. The molecule has 0 radical (unpaired) electrons. The van der Waals surface area contributed by atoms with Crippen LogP contribution in [0.25, 0.3) is 0 Å². The van der Waals surface area contributed by atoms with E-state index < -0.39 is 0 Å². The van der Waals surface area contributed by atoms with Crippen molar-refractivity contribution >= 4 is 0 Å². The third kappa shape index (κ3) is 2.52. The Hall–Kier alpha value is -1.66. The number of aryl methyl sites for hydroxylation is 1. The minimum absolute atomic E-state index is 0. The van der Waals surface area contributed by atoms with Crippen molar-refractivity contribution in [2.45, 2.75) is 13.8 Å². The van der Waals surface area contributed by atoms with Crippen LogP contribution >= 0.6 is 0 Å². The van der Waals surface area contributed by atoms with E-state index in [2.05, 4.69) is 30.6 Å². The Kier molecular flexibility index (Phi) is 3.00. The molecule has 62 valence electrons. The van der Waals surface area contributed by atoms with Gasteiger partial charge in [-0.15, -0.1) is 0 Å². The van der Waals surface area contributed by atoms with Gasteiger partial charge in [-0.25, -0.2) is 0 Å². The van der Waals surface area contributed by atoms with E-state index in [1.807, 2.05) is 24.3 Å². The molecule has 0 heterocycles. The largest absolute Gasteiger partial charge is 0.0925 e. The Bertz CT molecular complexity index is 369. The van der Waals surface area contributed by atoms with E-state index in [1.165, 1.54) is 5.56 Å². The van der Waals surface area contributed by atoms with Crippen LogP contribution in [0.5, 0.6) is 0 Å². The lowest BCUT2D eigenvalue weighted by Crippen LogP contribution is -1.73. The quantitative estimate of drug-likeness (QED) is 0.509. The van der Waals surface area contributed by atoms with Crippen molar-refractivity contribution in [2.75, 3.05) is 0 Å². The van der Waals surface area contributed by atoms with Crippen LogP contribution in [0.15, 0.2) is 24.3 Å². The summed E-state index contributed by atoms with van der Waals surface area (Å²) in [7, 11) is 0. The predicted octanol–water partition coefficient (Wildman–Crippen LogP) is 2.86. The van der Waals surface area contributed by atoms with Gasteiger partial charge in [0, 0.05) is 8.42 Å². The third-order valence-corrected chi connectivity index (χ3v) is 1.45. The first-order chi connectivity index (χ1) is 5.83. The molecule has 0 saturated heterocycles. The monoisotopic (exact) mass is 158 g/mol. The summed E-state index contributed by atoms with van der Waals surface area (Å²) in [6.45, 7) is 3.84. The molecule has 0 atom stereocenters. The minimum Gasteiger partial charge on any atom is -0.0925 e. The number of rotatable bonds is 0. The maximum atomic E-state index is 2.95. The molecule has 1 aromatic rings. The SMILES string of the molecule is CC#CC#Cc1ccc(C)cc1.[HH].[HH]. The van der Waals surface area contributed by atoms with Crippen molar-refractivity contribution in [3.8, 4) is 23.7 Å². The number of hydrogen-bond donors (Lipinski definition) is 0. The van der Waals surface area contributed by atoms with Crippen molar-refractivity contribution in [2.24, 2.45) is 0 Å². The minimum atomic E-state index is 0. The zero-order valence-corrected chi connectivity index (χ0v) is 7.31. The summed E-state index contributed by atoms with van der Waals surface area (Å²) in [6, 6.07) is 8.09. The van der Waals surface area contributed by atoms with Crippen LogP contribution in [0.4, 0.5) is 0 Å². The van der Waals surface area contributed by atoms with E-state index in [1.54, 1.807) is 6.92 Å². The van der Waals surface area contributed by atoms with E-state index >= 15 is 0 Å². The van der Waals surface area contributed by atoms with Gasteiger partial charge in [-0.2, -0.15) is 0 Å². The van der Waals surface area contributed by atoms with Crippen LogP contribution in [0.3, 0.4) is 0 Å². The molecule has 12 heavy (non-hydrogen) atoms. The second kappa shape index (κ2) is 4.27. The molecule has 0 bridgehead atoms. The van der Waals surface area contributed by atoms with Crippen molar-refractivity contribution in [3.05, 3.63) is 35.4 Å². The van der Waals surface area contributed by atoms with Crippen molar-refractivity contribution in [1.29, 1.82) is 0 Å².